The number of fused-ring (bicyclic) bond motifs is 1. The highest BCUT2D eigenvalue weighted by Gasteiger charge is 2.19. The Balaban J connectivity index is 2.23. The van der Waals surface area contributed by atoms with Gasteiger partial charge in [0.05, 0.1) is 10.5 Å². The number of rotatable bonds is 1. The van der Waals surface area contributed by atoms with Gasteiger partial charge >= 0.3 is 0 Å². The maximum atomic E-state index is 12.1. The number of benzene rings is 1. The molecular formula is C14H13Cl2NO. The molecule has 1 heterocycles. The highest BCUT2D eigenvalue weighted by Crippen LogP contribution is 2.34. The van der Waals surface area contributed by atoms with Crippen molar-refractivity contribution in [1.29, 1.82) is 0 Å². The van der Waals surface area contributed by atoms with E-state index < -0.39 is 0 Å². The van der Waals surface area contributed by atoms with Crippen LogP contribution in [0.25, 0.3) is 10.9 Å². The summed E-state index contributed by atoms with van der Waals surface area (Å²) in [7, 11) is 0. The molecule has 1 aromatic heterocycles. The molecule has 4 heteroatoms. The lowest BCUT2D eigenvalue weighted by Crippen LogP contribution is -2.07. The second-order valence-corrected chi connectivity index (χ2v) is 5.72. The predicted octanol–water partition coefficient (Wildman–Crippen LogP) is 4.49. The monoisotopic (exact) mass is 281 g/mol. The van der Waals surface area contributed by atoms with Crippen LogP contribution < -0.4 is 5.43 Å². The number of pyridine rings is 1. The van der Waals surface area contributed by atoms with Crippen LogP contribution in [0.15, 0.2) is 23.0 Å². The Morgan fingerprint density at radius 3 is 2.56 bits per heavy atom. The maximum Gasteiger partial charge on any atom is 0.189 e. The Hall–Kier alpha value is -0.990. The number of nitrogens with one attached hydrogen (secondary N) is 1. The molecule has 0 unspecified atom stereocenters. The van der Waals surface area contributed by atoms with E-state index in [9.17, 15) is 4.79 Å². The van der Waals surface area contributed by atoms with E-state index in [-0.39, 0.29) is 5.43 Å². The first kappa shape index (κ1) is 12.1. The zero-order chi connectivity index (χ0) is 12.7. The van der Waals surface area contributed by atoms with Crippen molar-refractivity contribution in [3.8, 4) is 0 Å². The molecule has 0 radical (unpaired) electrons. The summed E-state index contributed by atoms with van der Waals surface area (Å²) in [6.07, 6.45) is 4.76. The van der Waals surface area contributed by atoms with Crippen molar-refractivity contribution in [1.82, 2.24) is 4.98 Å². The molecule has 2 nitrogen and oxygen atoms in total. The summed E-state index contributed by atoms with van der Waals surface area (Å²) in [5, 5.41) is 1.57. The van der Waals surface area contributed by atoms with E-state index in [4.69, 9.17) is 23.2 Å². The Kier molecular flexibility index (Phi) is 3.08. The van der Waals surface area contributed by atoms with E-state index in [1.165, 1.54) is 12.8 Å². The minimum atomic E-state index is -0.00458. The van der Waals surface area contributed by atoms with Crippen LogP contribution in [-0.2, 0) is 0 Å². The summed E-state index contributed by atoms with van der Waals surface area (Å²) in [4.78, 5) is 15.4. The molecule has 1 aromatic carbocycles. The molecule has 0 amide bonds. The molecule has 0 atom stereocenters. The SMILES string of the molecule is O=c1cc(C2CCCC2)[nH]c2c(Cl)cc(Cl)cc12. The number of aromatic nitrogens is 1. The number of hydrogen-bond acceptors (Lipinski definition) is 1. The normalized spacial score (nSPS) is 16.6. The lowest BCUT2D eigenvalue weighted by Gasteiger charge is -2.11. The van der Waals surface area contributed by atoms with Crippen molar-refractivity contribution in [3.05, 3.63) is 44.2 Å². The fraction of sp³-hybridized carbons (Fsp3) is 0.357. The van der Waals surface area contributed by atoms with E-state index in [0.29, 0.717) is 26.9 Å². The molecule has 1 fully saturated rings. The molecule has 94 valence electrons. The zero-order valence-corrected chi connectivity index (χ0v) is 11.3. The molecule has 1 aliphatic rings. The van der Waals surface area contributed by atoms with Gasteiger partial charge in [-0.3, -0.25) is 4.79 Å². The molecule has 18 heavy (non-hydrogen) atoms. The Morgan fingerprint density at radius 1 is 1.11 bits per heavy atom. The standard InChI is InChI=1S/C14H13Cl2NO/c15-9-5-10-13(18)7-12(8-3-1-2-4-8)17-14(10)11(16)6-9/h5-8H,1-4H2,(H,17,18). The van der Waals surface area contributed by atoms with E-state index in [1.54, 1.807) is 18.2 Å². The molecule has 1 N–H and O–H groups in total. The fourth-order valence-electron chi connectivity index (χ4n) is 2.75. The second-order valence-electron chi connectivity index (χ2n) is 4.88. The van der Waals surface area contributed by atoms with E-state index in [0.717, 1.165) is 18.5 Å². The van der Waals surface area contributed by atoms with Gasteiger partial charge in [-0.2, -0.15) is 0 Å². The van der Waals surface area contributed by atoms with Gasteiger partial charge in [0, 0.05) is 22.2 Å². The van der Waals surface area contributed by atoms with Crippen molar-refractivity contribution in [3.63, 3.8) is 0 Å². The summed E-state index contributed by atoms with van der Waals surface area (Å²) in [6.45, 7) is 0. The van der Waals surface area contributed by atoms with Gasteiger partial charge in [0.1, 0.15) is 0 Å². The van der Waals surface area contributed by atoms with Crippen LogP contribution in [0.3, 0.4) is 0 Å². The zero-order valence-electron chi connectivity index (χ0n) is 9.80. The lowest BCUT2D eigenvalue weighted by molar-refractivity contribution is 0.700. The number of aromatic amines is 1. The first-order valence-corrected chi connectivity index (χ1v) is 6.93. The number of H-pyrrole nitrogens is 1. The third kappa shape index (κ3) is 2.04. The van der Waals surface area contributed by atoms with Crippen LogP contribution in [0.5, 0.6) is 0 Å². The smallest absolute Gasteiger partial charge is 0.189 e. The van der Waals surface area contributed by atoms with Crippen molar-refractivity contribution < 1.29 is 0 Å². The van der Waals surface area contributed by atoms with E-state index >= 15 is 0 Å². The molecule has 0 bridgehead atoms. The van der Waals surface area contributed by atoms with Crippen LogP contribution in [0, 0.1) is 0 Å². The number of hydrogen-bond donors (Lipinski definition) is 1. The lowest BCUT2D eigenvalue weighted by atomic mass is 10.0. The Labute approximate surface area is 115 Å². The third-order valence-electron chi connectivity index (χ3n) is 3.67. The van der Waals surface area contributed by atoms with Gasteiger partial charge in [-0.05, 0) is 30.9 Å². The molecule has 2 aromatic rings. The Bertz CT molecular complexity index is 657. The van der Waals surface area contributed by atoms with Gasteiger partial charge in [-0.25, -0.2) is 0 Å². The summed E-state index contributed by atoms with van der Waals surface area (Å²) < 4.78 is 0. The first-order valence-electron chi connectivity index (χ1n) is 6.17. The largest absolute Gasteiger partial charge is 0.357 e. The van der Waals surface area contributed by atoms with Crippen molar-refractivity contribution >= 4 is 34.1 Å². The maximum absolute atomic E-state index is 12.1. The average molecular weight is 282 g/mol. The molecule has 0 spiro atoms. The number of halogens is 2. The molecule has 3 rings (SSSR count). The van der Waals surface area contributed by atoms with E-state index in [1.807, 2.05) is 0 Å². The summed E-state index contributed by atoms with van der Waals surface area (Å²) >= 11 is 12.1. The summed E-state index contributed by atoms with van der Waals surface area (Å²) in [5.41, 5.74) is 1.71. The average Bonchev–Trinajstić information content (AvgIpc) is 2.83. The molecule has 1 aliphatic carbocycles. The fourth-order valence-corrected chi connectivity index (χ4v) is 3.29. The van der Waals surface area contributed by atoms with Gasteiger partial charge in [-0.15, -0.1) is 0 Å². The van der Waals surface area contributed by atoms with Crippen LogP contribution in [0.2, 0.25) is 10.0 Å². The van der Waals surface area contributed by atoms with Crippen LogP contribution in [-0.4, -0.2) is 4.98 Å². The first-order chi connectivity index (χ1) is 8.65. The molecule has 0 aliphatic heterocycles. The minimum absolute atomic E-state index is 0.00458. The van der Waals surface area contributed by atoms with Crippen molar-refractivity contribution in [2.45, 2.75) is 31.6 Å². The van der Waals surface area contributed by atoms with Crippen LogP contribution in [0.4, 0.5) is 0 Å². The van der Waals surface area contributed by atoms with Gasteiger partial charge in [-0.1, -0.05) is 36.0 Å². The van der Waals surface area contributed by atoms with Gasteiger partial charge in [0.25, 0.3) is 0 Å². The van der Waals surface area contributed by atoms with E-state index in [2.05, 4.69) is 4.98 Å². The quantitative estimate of drug-likeness (QED) is 0.821. The van der Waals surface area contributed by atoms with Crippen LogP contribution in [0.1, 0.15) is 37.3 Å². The van der Waals surface area contributed by atoms with Crippen LogP contribution >= 0.6 is 23.2 Å². The Morgan fingerprint density at radius 2 is 1.83 bits per heavy atom. The highest BCUT2D eigenvalue weighted by atomic mass is 35.5. The summed E-state index contributed by atoms with van der Waals surface area (Å²) in [6, 6.07) is 5.03. The highest BCUT2D eigenvalue weighted by molar-refractivity contribution is 6.38. The molecule has 0 saturated heterocycles. The minimum Gasteiger partial charge on any atom is -0.357 e. The molecular weight excluding hydrogens is 269 g/mol. The van der Waals surface area contributed by atoms with Crippen molar-refractivity contribution in [2.75, 3.05) is 0 Å². The predicted molar refractivity (Wildman–Crippen MR) is 75.8 cm³/mol. The summed E-state index contributed by atoms with van der Waals surface area (Å²) in [5.74, 6) is 0.467. The third-order valence-corrected chi connectivity index (χ3v) is 4.19. The van der Waals surface area contributed by atoms with Gasteiger partial charge in [0.2, 0.25) is 0 Å². The second kappa shape index (κ2) is 4.60. The van der Waals surface area contributed by atoms with Crippen molar-refractivity contribution in [2.24, 2.45) is 0 Å². The van der Waals surface area contributed by atoms with Gasteiger partial charge < -0.3 is 4.98 Å². The topological polar surface area (TPSA) is 32.9 Å². The molecule has 1 saturated carbocycles. The van der Waals surface area contributed by atoms with Gasteiger partial charge in [0.15, 0.2) is 5.43 Å².